The molecule has 2 heterocycles. The van der Waals surface area contributed by atoms with Crippen LogP contribution in [0.15, 0.2) is 30.5 Å². The van der Waals surface area contributed by atoms with Gasteiger partial charge in [-0.25, -0.2) is 4.98 Å². The number of hydrogen-bond acceptors (Lipinski definition) is 7. The minimum atomic E-state index is -0.160. The van der Waals surface area contributed by atoms with Gasteiger partial charge in [-0.2, -0.15) is 4.98 Å². The van der Waals surface area contributed by atoms with Crippen molar-refractivity contribution >= 4 is 17.5 Å². The molecule has 190 valence electrons. The molecular formula is C28H41N5O2. The van der Waals surface area contributed by atoms with Crippen LogP contribution >= 0.6 is 0 Å². The van der Waals surface area contributed by atoms with Crippen molar-refractivity contribution in [3.63, 3.8) is 0 Å². The summed E-state index contributed by atoms with van der Waals surface area (Å²) in [4.78, 5) is 12.4. The van der Waals surface area contributed by atoms with Gasteiger partial charge in [0.25, 0.3) is 0 Å². The highest BCUT2D eigenvalue weighted by molar-refractivity contribution is 5.58. The van der Waals surface area contributed by atoms with Crippen molar-refractivity contribution in [1.29, 1.82) is 0 Å². The van der Waals surface area contributed by atoms with Crippen LogP contribution in [0.1, 0.15) is 75.7 Å². The molecule has 7 nitrogen and oxygen atoms in total. The first-order chi connectivity index (χ1) is 17.2. The highest BCUT2D eigenvalue weighted by atomic mass is 16.5. The molecule has 0 atom stereocenters. The number of hydrogen-bond donors (Lipinski definition) is 3. The zero-order chi connectivity index (χ0) is 24.0. The first-order valence-corrected chi connectivity index (χ1v) is 13.6. The van der Waals surface area contributed by atoms with Crippen molar-refractivity contribution in [3.05, 3.63) is 36.0 Å². The Morgan fingerprint density at radius 2 is 1.80 bits per heavy atom. The number of ether oxygens (including phenoxy) is 1. The molecule has 0 bridgehead atoms. The predicted molar refractivity (Wildman–Crippen MR) is 141 cm³/mol. The number of aromatic nitrogens is 2. The van der Waals surface area contributed by atoms with E-state index >= 15 is 0 Å². The van der Waals surface area contributed by atoms with E-state index in [1.54, 1.807) is 7.11 Å². The number of piperidine rings is 1. The van der Waals surface area contributed by atoms with Crippen molar-refractivity contribution in [2.75, 3.05) is 37.4 Å². The maximum absolute atomic E-state index is 9.95. The van der Waals surface area contributed by atoms with E-state index in [9.17, 15) is 5.11 Å². The molecule has 2 aromatic rings. The van der Waals surface area contributed by atoms with Gasteiger partial charge in [0, 0.05) is 36.1 Å². The van der Waals surface area contributed by atoms with Gasteiger partial charge in [0.1, 0.15) is 11.6 Å². The van der Waals surface area contributed by atoms with Crippen LogP contribution in [0.2, 0.25) is 0 Å². The zero-order valence-corrected chi connectivity index (χ0v) is 21.1. The van der Waals surface area contributed by atoms with Gasteiger partial charge in [0.15, 0.2) is 0 Å². The van der Waals surface area contributed by atoms with Crippen molar-refractivity contribution in [3.8, 4) is 5.75 Å². The summed E-state index contributed by atoms with van der Waals surface area (Å²) in [5.41, 5.74) is 2.15. The number of anilines is 3. The summed E-state index contributed by atoms with van der Waals surface area (Å²) in [6, 6.07) is 8.18. The van der Waals surface area contributed by atoms with Gasteiger partial charge < -0.3 is 25.4 Å². The maximum atomic E-state index is 9.95. The van der Waals surface area contributed by atoms with Crippen molar-refractivity contribution in [2.45, 2.75) is 82.3 Å². The molecule has 0 unspecified atom stereocenters. The van der Waals surface area contributed by atoms with Crippen LogP contribution in [0.3, 0.4) is 0 Å². The van der Waals surface area contributed by atoms with Crippen LogP contribution in [0.4, 0.5) is 17.5 Å². The minimum absolute atomic E-state index is 0.160. The fourth-order valence-corrected chi connectivity index (χ4v) is 6.09. The topological polar surface area (TPSA) is 82.5 Å². The lowest BCUT2D eigenvalue weighted by atomic mass is 9.89. The Labute approximate surface area is 209 Å². The highest BCUT2D eigenvalue weighted by Crippen LogP contribution is 2.35. The van der Waals surface area contributed by atoms with Crippen molar-refractivity contribution in [2.24, 2.45) is 5.92 Å². The molecule has 1 aliphatic heterocycles. The second kappa shape index (κ2) is 11.6. The van der Waals surface area contributed by atoms with E-state index in [1.807, 2.05) is 30.5 Å². The number of methoxy groups -OCH3 is 1. The number of aliphatic hydroxyl groups is 1. The lowest BCUT2D eigenvalue weighted by Crippen LogP contribution is -2.36. The first kappa shape index (κ1) is 24.3. The molecule has 3 aliphatic rings. The third-order valence-electron chi connectivity index (χ3n) is 8.20. The summed E-state index contributed by atoms with van der Waals surface area (Å²) >= 11 is 0. The van der Waals surface area contributed by atoms with Gasteiger partial charge in [-0.3, -0.25) is 0 Å². The van der Waals surface area contributed by atoms with Gasteiger partial charge in [-0.1, -0.05) is 18.9 Å². The number of benzene rings is 1. The average Bonchev–Trinajstić information content (AvgIpc) is 3.39. The van der Waals surface area contributed by atoms with E-state index in [0.717, 1.165) is 61.7 Å². The van der Waals surface area contributed by atoms with Gasteiger partial charge in [-0.15, -0.1) is 0 Å². The second-order valence-corrected chi connectivity index (χ2v) is 10.7. The van der Waals surface area contributed by atoms with Crippen molar-refractivity contribution in [1.82, 2.24) is 14.9 Å². The largest absolute Gasteiger partial charge is 0.497 e. The fraction of sp³-hybridized carbons (Fsp3) is 0.643. The third kappa shape index (κ3) is 6.44. The highest BCUT2D eigenvalue weighted by Gasteiger charge is 2.28. The number of likely N-dealkylation sites (tertiary alicyclic amines) is 1. The van der Waals surface area contributed by atoms with Gasteiger partial charge >= 0.3 is 0 Å². The van der Waals surface area contributed by atoms with Gasteiger partial charge in [0.2, 0.25) is 5.95 Å². The quantitative estimate of drug-likeness (QED) is 0.473. The Morgan fingerprint density at radius 1 is 1.03 bits per heavy atom. The SMILES string of the molecule is COc1cccc(Nc2ncc(C3CCN(CC4CCCC4)CC3)c(N[C@H]3CC[C@H](O)CC3)n2)c1. The number of nitrogens with one attached hydrogen (secondary N) is 2. The first-order valence-electron chi connectivity index (χ1n) is 13.6. The molecule has 0 spiro atoms. The molecule has 35 heavy (non-hydrogen) atoms. The van der Waals surface area contributed by atoms with E-state index in [-0.39, 0.29) is 6.10 Å². The normalized spacial score (nSPS) is 24.4. The number of nitrogens with zero attached hydrogens (tertiary/aromatic N) is 3. The lowest BCUT2D eigenvalue weighted by molar-refractivity contribution is 0.126. The van der Waals surface area contributed by atoms with E-state index in [0.29, 0.717) is 17.9 Å². The Hall–Kier alpha value is -2.38. The average molecular weight is 480 g/mol. The van der Waals surface area contributed by atoms with Gasteiger partial charge in [0.05, 0.1) is 13.2 Å². The molecule has 3 fully saturated rings. The third-order valence-corrected chi connectivity index (χ3v) is 8.20. The smallest absolute Gasteiger partial charge is 0.229 e. The van der Waals surface area contributed by atoms with Crippen LogP contribution < -0.4 is 15.4 Å². The van der Waals surface area contributed by atoms with Crippen LogP contribution in [-0.2, 0) is 0 Å². The summed E-state index contributed by atoms with van der Waals surface area (Å²) in [6.07, 6.45) is 13.5. The molecule has 2 aliphatic carbocycles. The number of rotatable bonds is 8. The monoisotopic (exact) mass is 479 g/mol. The van der Waals surface area contributed by atoms with Crippen molar-refractivity contribution < 1.29 is 9.84 Å². The summed E-state index contributed by atoms with van der Waals surface area (Å²) in [5, 5.41) is 17.0. The molecule has 0 amide bonds. The van der Waals surface area contributed by atoms with E-state index in [4.69, 9.17) is 14.7 Å². The fourth-order valence-electron chi connectivity index (χ4n) is 6.09. The molecule has 2 saturated carbocycles. The molecule has 7 heteroatoms. The Morgan fingerprint density at radius 3 is 2.54 bits per heavy atom. The summed E-state index contributed by atoms with van der Waals surface area (Å²) in [7, 11) is 1.67. The summed E-state index contributed by atoms with van der Waals surface area (Å²) < 4.78 is 5.36. The minimum Gasteiger partial charge on any atom is -0.497 e. The molecule has 1 aromatic carbocycles. The second-order valence-electron chi connectivity index (χ2n) is 10.7. The Balaban J connectivity index is 1.30. The Bertz CT molecular complexity index is 948. The lowest BCUT2D eigenvalue weighted by Gasteiger charge is -2.34. The Kier molecular flexibility index (Phi) is 8.04. The molecular weight excluding hydrogens is 438 g/mol. The van der Waals surface area contributed by atoms with Gasteiger partial charge in [-0.05, 0) is 88.4 Å². The summed E-state index contributed by atoms with van der Waals surface area (Å²) in [6.45, 7) is 3.61. The van der Waals surface area contributed by atoms with E-state index in [2.05, 4.69) is 15.5 Å². The molecule has 3 N–H and O–H groups in total. The molecule has 5 rings (SSSR count). The summed E-state index contributed by atoms with van der Waals surface area (Å²) in [5.74, 6) is 3.75. The zero-order valence-electron chi connectivity index (χ0n) is 21.1. The molecule has 1 aromatic heterocycles. The van der Waals surface area contributed by atoms with Crippen LogP contribution in [-0.4, -0.2) is 58.9 Å². The standard InChI is InChI=1S/C28H41N5O2/c1-35-25-8-4-7-23(17-25)31-28-29-18-26(27(32-28)30-22-9-11-24(34)12-10-22)21-13-15-33(16-14-21)19-20-5-2-3-6-20/h4,7-8,17-18,20-22,24,34H,2-3,5-6,9-16,19H2,1H3,(H2,29,30,31,32)/t22-,24-. The molecule has 0 radical (unpaired) electrons. The van der Waals surface area contributed by atoms with Crippen LogP contribution in [0.25, 0.3) is 0 Å². The maximum Gasteiger partial charge on any atom is 0.229 e. The van der Waals surface area contributed by atoms with E-state index in [1.165, 1.54) is 50.9 Å². The van der Waals surface area contributed by atoms with E-state index < -0.39 is 0 Å². The van der Waals surface area contributed by atoms with Crippen LogP contribution in [0, 0.1) is 5.92 Å². The predicted octanol–water partition coefficient (Wildman–Crippen LogP) is 5.31. The molecule has 1 saturated heterocycles. The van der Waals surface area contributed by atoms with Crippen LogP contribution in [0.5, 0.6) is 5.75 Å². The number of aliphatic hydroxyl groups excluding tert-OH is 1.